The van der Waals surface area contributed by atoms with Gasteiger partial charge in [0, 0.05) is 11.3 Å². The van der Waals surface area contributed by atoms with Crippen LogP contribution in [0.15, 0.2) is 69.3 Å². The van der Waals surface area contributed by atoms with Gasteiger partial charge in [0.2, 0.25) is 0 Å². The zero-order chi connectivity index (χ0) is 18.6. The lowest BCUT2D eigenvalue weighted by atomic mass is 10.2. The van der Waals surface area contributed by atoms with Crippen LogP contribution in [0.1, 0.15) is 0 Å². The van der Waals surface area contributed by atoms with E-state index >= 15 is 0 Å². The summed E-state index contributed by atoms with van der Waals surface area (Å²) in [4.78, 5) is 4.34. The lowest BCUT2D eigenvalue weighted by Gasteiger charge is -2.05. The van der Waals surface area contributed by atoms with Crippen molar-refractivity contribution in [2.45, 2.75) is 10.1 Å². The number of halogens is 1. The molecule has 5 nitrogen and oxygen atoms in total. The summed E-state index contributed by atoms with van der Waals surface area (Å²) in [6.07, 6.45) is 1.53. The number of sulfone groups is 1. The second-order valence-corrected chi connectivity index (χ2v) is 8.50. The molecule has 26 heavy (non-hydrogen) atoms. The van der Waals surface area contributed by atoms with Crippen molar-refractivity contribution < 1.29 is 22.0 Å². The summed E-state index contributed by atoms with van der Waals surface area (Å²) in [6.45, 7) is 0. The van der Waals surface area contributed by atoms with E-state index in [1.54, 1.807) is 30.3 Å². The number of benzene rings is 2. The van der Waals surface area contributed by atoms with Crippen LogP contribution in [0.5, 0.6) is 5.75 Å². The first-order valence-electron chi connectivity index (χ1n) is 7.69. The van der Waals surface area contributed by atoms with Crippen molar-refractivity contribution in [2.24, 2.45) is 0 Å². The number of hydrogen-bond donors (Lipinski definition) is 0. The third-order valence-electron chi connectivity index (χ3n) is 3.59. The summed E-state index contributed by atoms with van der Waals surface area (Å²) < 4.78 is 48.4. The minimum atomic E-state index is -3.43. The number of nitrogens with zero attached hydrogens (tertiary/aromatic N) is 1. The van der Waals surface area contributed by atoms with E-state index in [0.717, 1.165) is 0 Å². The van der Waals surface area contributed by atoms with E-state index in [1.807, 2.05) is 0 Å². The topological polar surface area (TPSA) is 69.4 Å². The number of aromatic nitrogens is 1. The van der Waals surface area contributed by atoms with Gasteiger partial charge in [0.05, 0.1) is 24.0 Å². The predicted molar refractivity (Wildman–Crippen MR) is 97.7 cm³/mol. The average molecular weight is 393 g/mol. The lowest BCUT2D eigenvalue weighted by molar-refractivity contribution is 0.413. The van der Waals surface area contributed by atoms with Crippen LogP contribution in [-0.4, -0.2) is 32.0 Å². The van der Waals surface area contributed by atoms with Crippen LogP contribution in [-0.2, 0) is 9.84 Å². The zero-order valence-electron chi connectivity index (χ0n) is 13.9. The van der Waals surface area contributed by atoms with Gasteiger partial charge in [0.1, 0.15) is 11.6 Å². The summed E-state index contributed by atoms with van der Waals surface area (Å²) in [5, 5.41) is 0.366. The molecule has 0 amide bonds. The van der Waals surface area contributed by atoms with Gasteiger partial charge in [0.25, 0.3) is 5.22 Å². The highest BCUT2D eigenvalue weighted by molar-refractivity contribution is 8.00. The van der Waals surface area contributed by atoms with Crippen LogP contribution < -0.4 is 4.74 Å². The smallest absolute Gasteiger partial charge is 0.256 e. The molecular formula is C18H16FNO4S2. The Morgan fingerprint density at radius 3 is 2.69 bits per heavy atom. The van der Waals surface area contributed by atoms with Gasteiger partial charge >= 0.3 is 0 Å². The first kappa shape index (κ1) is 18.5. The van der Waals surface area contributed by atoms with Gasteiger partial charge in [-0.05, 0) is 42.5 Å². The van der Waals surface area contributed by atoms with E-state index in [4.69, 9.17) is 9.15 Å². The molecule has 0 spiro atoms. The SMILES string of the molecule is COc1cccc(S(=O)(=O)CCSc2ncc(-c3ccc(F)cc3)o2)c1. The molecule has 8 heteroatoms. The van der Waals surface area contributed by atoms with Crippen molar-refractivity contribution in [2.75, 3.05) is 18.6 Å². The monoisotopic (exact) mass is 393 g/mol. The maximum absolute atomic E-state index is 13.0. The minimum Gasteiger partial charge on any atom is -0.497 e. The van der Waals surface area contributed by atoms with Gasteiger partial charge in [-0.15, -0.1) is 0 Å². The van der Waals surface area contributed by atoms with E-state index in [2.05, 4.69) is 4.98 Å². The van der Waals surface area contributed by atoms with Gasteiger partial charge in [-0.25, -0.2) is 17.8 Å². The maximum atomic E-state index is 13.0. The van der Waals surface area contributed by atoms with Crippen LogP contribution in [0.25, 0.3) is 11.3 Å². The van der Waals surface area contributed by atoms with Crippen molar-refractivity contribution in [1.29, 1.82) is 0 Å². The molecule has 136 valence electrons. The largest absolute Gasteiger partial charge is 0.497 e. The van der Waals surface area contributed by atoms with E-state index in [0.29, 0.717) is 28.0 Å². The zero-order valence-corrected chi connectivity index (χ0v) is 15.5. The van der Waals surface area contributed by atoms with Crippen LogP contribution in [0.3, 0.4) is 0 Å². The van der Waals surface area contributed by atoms with E-state index in [9.17, 15) is 12.8 Å². The molecule has 2 aromatic carbocycles. The van der Waals surface area contributed by atoms with E-state index in [-0.39, 0.29) is 16.5 Å². The molecule has 0 saturated heterocycles. The third-order valence-corrected chi connectivity index (χ3v) is 6.41. The number of ether oxygens (including phenoxy) is 1. The number of thioether (sulfide) groups is 1. The van der Waals surface area contributed by atoms with E-state index in [1.165, 1.54) is 43.3 Å². The summed E-state index contributed by atoms with van der Waals surface area (Å²) in [7, 11) is -1.94. The lowest BCUT2D eigenvalue weighted by Crippen LogP contribution is -2.09. The fourth-order valence-corrected chi connectivity index (χ4v) is 4.70. The average Bonchev–Trinajstić information content (AvgIpc) is 3.11. The predicted octanol–water partition coefficient (Wildman–Crippen LogP) is 4.06. The molecule has 3 rings (SSSR count). The summed E-state index contributed by atoms with van der Waals surface area (Å²) in [5.41, 5.74) is 0.703. The molecule has 0 bridgehead atoms. The second kappa shape index (κ2) is 7.92. The van der Waals surface area contributed by atoms with E-state index < -0.39 is 9.84 Å². The highest BCUT2D eigenvalue weighted by Gasteiger charge is 2.16. The number of methoxy groups -OCH3 is 1. The molecule has 0 N–H and O–H groups in total. The molecule has 0 radical (unpaired) electrons. The molecule has 1 heterocycles. The quantitative estimate of drug-likeness (QED) is 0.564. The Labute approximate surface area is 155 Å². The standard InChI is InChI=1S/C18H16FNO4S2/c1-23-15-3-2-4-16(11-15)26(21,22)10-9-25-18-20-12-17(24-18)13-5-7-14(19)8-6-13/h2-8,11-12H,9-10H2,1H3. The van der Waals surface area contributed by atoms with Crippen molar-refractivity contribution in [3.63, 3.8) is 0 Å². The molecule has 0 aliphatic rings. The Bertz CT molecular complexity index is 984. The summed E-state index contributed by atoms with van der Waals surface area (Å²) in [6, 6.07) is 12.2. The minimum absolute atomic E-state index is 0.0565. The maximum Gasteiger partial charge on any atom is 0.256 e. The molecule has 0 unspecified atom stereocenters. The molecule has 0 saturated carbocycles. The Balaban J connectivity index is 1.62. The Kier molecular flexibility index (Phi) is 5.63. The van der Waals surface area contributed by atoms with Gasteiger partial charge < -0.3 is 9.15 Å². The molecule has 1 aromatic heterocycles. The fourth-order valence-electron chi connectivity index (χ4n) is 2.22. The number of rotatable bonds is 7. The second-order valence-electron chi connectivity index (χ2n) is 5.34. The van der Waals surface area contributed by atoms with Crippen molar-refractivity contribution in [1.82, 2.24) is 4.98 Å². The molecule has 3 aromatic rings. The normalized spacial score (nSPS) is 11.5. The molecule has 0 aliphatic carbocycles. The Morgan fingerprint density at radius 1 is 1.19 bits per heavy atom. The van der Waals surface area contributed by atoms with Crippen molar-refractivity contribution in [3.05, 3.63) is 60.5 Å². The van der Waals surface area contributed by atoms with Gasteiger partial charge in [-0.1, -0.05) is 17.8 Å². The number of hydrogen-bond acceptors (Lipinski definition) is 6. The third kappa shape index (κ3) is 4.44. The summed E-state index contributed by atoms with van der Waals surface area (Å²) in [5.74, 6) is 0.909. The van der Waals surface area contributed by atoms with Crippen LogP contribution in [0, 0.1) is 5.82 Å². The fraction of sp³-hybridized carbons (Fsp3) is 0.167. The van der Waals surface area contributed by atoms with Gasteiger partial charge in [-0.2, -0.15) is 0 Å². The molecular weight excluding hydrogens is 377 g/mol. The molecule has 0 atom stereocenters. The Morgan fingerprint density at radius 2 is 1.96 bits per heavy atom. The van der Waals surface area contributed by atoms with Crippen LogP contribution in [0.4, 0.5) is 4.39 Å². The first-order valence-corrected chi connectivity index (χ1v) is 10.3. The first-order chi connectivity index (χ1) is 12.5. The Hall–Kier alpha value is -2.32. The van der Waals surface area contributed by atoms with Crippen molar-refractivity contribution in [3.8, 4) is 17.1 Å². The van der Waals surface area contributed by atoms with Crippen LogP contribution in [0.2, 0.25) is 0 Å². The van der Waals surface area contributed by atoms with Gasteiger partial charge in [0.15, 0.2) is 15.6 Å². The highest BCUT2D eigenvalue weighted by atomic mass is 32.2. The molecule has 0 aliphatic heterocycles. The summed E-state index contributed by atoms with van der Waals surface area (Å²) >= 11 is 1.21. The molecule has 0 fully saturated rings. The highest BCUT2D eigenvalue weighted by Crippen LogP contribution is 2.26. The van der Waals surface area contributed by atoms with Crippen molar-refractivity contribution >= 4 is 21.6 Å². The van der Waals surface area contributed by atoms with Crippen LogP contribution >= 0.6 is 11.8 Å². The number of oxazole rings is 1. The van der Waals surface area contributed by atoms with Gasteiger partial charge in [-0.3, -0.25) is 0 Å².